The van der Waals surface area contributed by atoms with Crippen molar-refractivity contribution in [2.24, 2.45) is 10.2 Å². The van der Waals surface area contributed by atoms with Gasteiger partial charge in [0.15, 0.2) is 15.6 Å². The monoisotopic (exact) mass is 741 g/mol. The number of benzene rings is 3. The summed E-state index contributed by atoms with van der Waals surface area (Å²) in [5.74, 6) is -2.84. The van der Waals surface area contributed by atoms with Crippen LogP contribution in [0.1, 0.15) is 0 Å². The first-order chi connectivity index (χ1) is 17.3. The maximum Gasteiger partial charge on any atom is 1.00 e. The fourth-order valence-electron chi connectivity index (χ4n) is 3.02. The number of hydrogen-bond donors (Lipinski definition) is 2. The van der Waals surface area contributed by atoms with Gasteiger partial charge in [-0.1, -0.05) is 6.07 Å². The van der Waals surface area contributed by atoms with Crippen molar-refractivity contribution in [3.8, 4) is 11.5 Å². The minimum atomic E-state index is -5.37. The molecule has 0 atom stereocenters. The third-order valence-corrected chi connectivity index (χ3v) is 8.54. The Morgan fingerprint density at radius 2 is 1.31 bits per heavy atom. The SMILES string of the molecule is O=S(=O)([O-])OCCS(=O)(=O)c1ccc(O)c(N=Nc2c(O)c(S(=O)(=O)[O-])cc3cc(S(=O)(=O)[O-])ccc23)c1.[Cu].[Na+].[Na+].[Na+]. The first-order valence-corrected chi connectivity index (χ1v) is 15.4. The van der Waals surface area contributed by atoms with Crippen molar-refractivity contribution in [3.05, 3.63) is 42.5 Å². The number of hydrogen-bond acceptors (Lipinski definition) is 16. The molecule has 0 aliphatic rings. The van der Waals surface area contributed by atoms with Crippen molar-refractivity contribution in [3.63, 3.8) is 0 Å². The summed E-state index contributed by atoms with van der Waals surface area (Å²) in [6, 6.07) is 5.61. The van der Waals surface area contributed by atoms with Crippen LogP contribution in [-0.2, 0) is 61.7 Å². The molecule has 16 nitrogen and oxygen atoms in total. The molecule has 42 heavy (non-hydrogen) atoms. The molecule has 0 aliphatic carbocycles. The van der Waals surface area contributed by atoms with Crippen LogP contribution < -0.4 is 88.7 Å². The molecule has 0 aliphatic heterocycles. The van der Waals surface area contributed by atoms with E-state index in [2.05, 4.69) is 14.4 Å². The van der Waals surface area contributed by atoms with Gasteiger partial charge < -0.3 is 23.9 Å². The Kier molecular flexibility index (Phi) is 17.7. The summed E-state index contributed by atoms with van der Waals surface area (Å²) >= 11 is 0. The summed E-state index contributed by atoms with van der Waals surface area (Å²) in [7, 11) is -19.8. The molecule has 0 spiro atoms. The standard InChI is InChI=1S/C18H16N2O14S4.Cu.3Na/c21-15-4-2-11(35(23,24)6-5-34-38(31,32)33)9-14(15)19-20-17-13-3-1-12(36(25,26)27)7-10(13)8-16(18(17)22)37(28,29)30;;;;/h1-4,7-9,21-22H,5-6H2,(H,25,26,27)(H,28,29,30)(H,31,32,33);;;;/q;;3*+1/p-3. The van der Waals surface area contributed by atoms with E-state index in [1.807, 2.05) is 0 Å². The molecule has 0 heterocycles. The maximum absolute atomic E-state index is 12.4. The normalized spacial score (nSPS) is 12.1. The van der Waals surface area contributed by atoms with Gasteiger partial charge in [-0.15, -0.1) is 10.2 Å². The van der Waals surface area contributed by atoms with Crippen molar-refractivity contribution < 1.29 is 167 Å². The first-order valence-electron chi connectivity index (χ1n) is 9.59. The average molecular weight is 742 g/mol. The number of phenols is 2. The second kappa shape index (κ2) is 16.7. The van der Waals surface area contributed by atoms with Gasteiger partial charge in [-0.2, -0.15) is 0 Å². The van der Waals surface area contributed by atoms with Crippen molar-refractivity contribution >= 4 is 62.6 Å². The van der Waals surface area contributed by atoms with Crippen LogP contribution in [-0.4, -0.2) is 69.9 Å². The number of aromatic hydroxyl groups is 2. The molecule has 3 rings (SSSR count). The molecule has 2 N–H and O–H groups in total. The second-order valence-corrected chi connectivity index (χ2v) is 13.2. The Morgan fingerprint density at radius 1 is 0.738 bits per heavy atom. The van der Waals surface area contributed by atoms with E-state index >= 15 is 0 Å². The summed E-state index contributed by atoms with van der Waals surface area (Å²) in [6.07, 6.45) is 0. The van der Waals surface area contributed by atoms with Gasteiger partial charge in [0, 0.05) is 22.5 Å². The quantitative estimate of drug-likeness (QED) is 0.0892. The minimum absolute atomic E-state index is 0. The molecule has 0 amide bonds. The third kappa shape index (κ3) is 11.6. The summed E-state index contributed by atoms with van der Waals surface area (Å²) < 4.78 is 129. The zero-order valence-electron chi connectivity index (χ0n) is 21.6. The summed E-state index contributed by atoms with van der Waals surface area (Å²) in [5.41, 5.74) is -1.28. The van der Waals surface area contributed by atoms with Crippen LogP contribution in [0.15, 0.2) is 67.4 Å². The van der Waals surface area contributed by atoms with Gasteiger partial charge in [0.2, 0.25) is 10.4 Å². The third-order valence-electron chi connectivity index (χ3n) is 4.72. The van der Waals surface area contributed by atoms with Crippen LogP contribution >= 0.6 is 0 Å². The van der Waals surface area contributed by atoms with Gasteiger partial charge in [-0.25, -0.2) is 33.7 Å². The Labute approximate surface area is 317 Å². The van der Waals surface area contributed by atoms with E-state index in [4.69, 9.17) is 0 Å². The molecule has 0 saturated carbocycles. The minimum Gasteiger partial charge on any atom is -0.744 e. The Bertz CT molecular complexity index is 1920. The van der Waals surface area contributed by atoms with Crippen LogP contribution in [0.25, 0.3) is 10.8 Å². The number of phenolic OH excluding ortho intramolecular Hbond substituents is 2. The van der Waals surface area contributed by atoms with Crippen molar-refractivity contribution in [1.29, 1.82) is 0 Å². The van der Waals surface area contributed by atoms with Gasteiger partial charge in [-0.05, 0) is 41.8 Å². The van der Waals surface area contributed by atoms with Crippen molar-refractivity contribution in [2.45, 2.75) is 14.7 Å². The van der Waals surface area contributed by atoms with E-state index in [9.17, 15) is 57.5 Å². The fourth-order valence-corrected chi connectivity index (χ4v) is 5.63. The first kappa shape index (κ1) is 44.4. The topological polar surface area (TPSA) is 280 Å². The molecular formula is C18H13CuN2Na3O14S4. The molecule has 3 aromatic carbocycles. The largest absolute Gasteiger partial charge is 1.00 e. The van der Waals surface area contributed by atoms with Gasteiger partial charge >= 0.3 is 88.7 Å². The number of nitrogens with zero attached hydrogens (tertiary/aromatic N) is 2. The Morgan fingerprint density at radius 3 is 1.83 bits per heavy atom. The number of rotatable bonds is 9. The van der Waals surface area contributed by atoms with E-state index in [-0.39, 0.29) is 117 Å². The van der Waals surface area contributed by atoms with Crippen LogP contribution in [0.4, 0.5) is 11.4 Å². The predicted molar refractivity (Wildman–Crippen MR) is 122 cm³/mol. The summed E-state index contributed by atoms with van der Waals surface area (Å²) in [5, 5.41) is 27.1. The Balaban J connectivity index is 0. The number of fused-ring (bicyclic) bond motifs is 1. The second-order valence-electron chi connectivity index (χ2n) is 7.26. The van der Waals surface area contributed by atoms with Crippen LogP contribution in [0, 0.1) is 0 Å². The maximum atomic E-state index is 12.4. The van der Waals surface area contributed by atoms with Crippen LogP contribution in [0.3, 0.4) is 0 Å². The molecule has 0 unspecified atom stereocenters. The van der Waals surface area contributed by atoms with Gasteiger partial charge in [-0.3, -0.25) is 4.18 Å². The van der Waals surface area contributed by atoms with Gasteiger partial charge in [0.05, 0.1) is 27.0 Å². The molecular weight excluding hydrogens is 729 g/mol. The fraction of sp³-hybridized carbons (Fsp3) is 0.111. The molecule has 217 valence electrons. The smallest absolute Gasteiger partial charge is 0.744 e. The molecule has 24 heteroatoms. The zero-order valence-corrected chi connectivity index (χ0v) is 31.8. The number of sulfone groups is 1. The van der Waals surface area contributed by atoms with Crippen LogP contribution in [0.2, 0.25) is 0 Å². The molecule has 0 fully saturated rings. The zero-order chi connectivity index (χ0) is 28.7. The van der Waals surface area contributed by atoms with Crippen molar-refractivity contribution in [1.82, 2.24) is 0 Å². The molecule has 0 bridgehead atoms. The molecule has 1 radical (unpaired) electrons. The predicted octanol–water partition coefficient (Wildman–Crippen LogP) is -8.27. The molecule has 3 aromatic rings. The summed E-state index contributed by atoms with van der Waals surface area (Å²) in [6.45, 7) is -1.01. The van der Waals surface area contributed by atoms with E-state index in [1.54, 1.807) is 0 Å². The van der Waals surface area contributed by atoms with E-state index in [0.29, 0.717) is 6.07 Å². The van der Waals surface area contributed by atoms with E-state index < -0.39 is 90.4 Å². The van der Waals surface area contributed by atoms with E-state index in [1.165, 1.54) is 0 Å². The average Bonchev–Trinajstić information content (AvgIpc) is 2.76. The van der Waals surface area contributed by atoms with Gasteiger partial charge in [0.25, 0.3) is 0 Å². The molecule has 0 saturated heterocycles. The Hall–Kier alpha value is 0.279. The van der Waals surface area contributed by atoms with Crippen LogP contribution in [0.5, 0.6) is 11.5 Å². The van der Waals surface area contributed by atoms with Crippen molar-refractivity contribution in [2.75, 3.05) is 12.4 Å². The molecule has 0 aromatic heterocycles. The number of azo groups is 1. The van der Waals surface area contributed by atoms with Gasteiger partial charge in [0.1, 0.15) is 37.4 Å². The van der Waals surface area contributed by atoms with E-state index in [0.717, 1.165) is 36.4 Å². The summed E-state index contributed by atoms with van der Waals surface area (Å²) in [4.78, 5) is -2.57.